The molecular weight excluding hydrogens is 248 g/mol. The summed E-state index contributed by atoms with van der Waals surface area (Å²) in [5, 5.41) is 4.21. The van der Waals surface area contributed by atoms with Crippen LogP contribution in [0.4, 0.5) is 0 Å². The Balaban J connectivity index is 1.87. The van der Waals surface area contributed by atoms with Crippen LogP contribution >= 0.6 is 24.0 Å². The Hall–Kier alpha value is -0.740. The van der Waals surface area contributed by atoms with Crippen molar-refractivity contribution in [3.8, 4) is 0 Å². The van der Waals surface area contributed by atoms with Gasteiger partial charge in [-0.1, -0.05) is 12.1 Å². The highest BCUT2D eigenvalue weighted by atomic mass is 32.2. The largest absolute Gasteiger partial charge is 0.360 e. The van der Waals surface area contributed by atoms with Gasteiger partial charge < -0.3 is 10.2 Å². The van der Waals surface area contributed by atoms with Crippen LogP contribution in [0.3, 0.4) is 0 Å². The van der Waals surface area contributed by atoms with Crippen LogP contribution in [0, 0.1) is 0 Å². The fourth-order valence-corrected chi connectivity index (χ4v) is 2.23. The normalized spacial score (nSPS) is 14.5. The predicted molar refractivity (Wildman–Crippen MR) is 78.4 cm³/mol. The summed E-state index contributed by atoms with van der Waals surface area (Å²) in [7, 11) is 2.04. The zero-order valence-corrected chi connectivity index (χ0v) is 11.9. The number of benzene rings is 1. The average Bonchev–Trinajstić information content (AvgIpc) is 3.14. The van der Waals surface area contributed by atoms with Gasteiger partial charge >= 0.3 is 0 Å². The average molecular weight is 266 g/mol. The Bertz CT molecular complexity index is 385. The second-order valence-corrected chi connectivity index (χ2v) is 5.69. The Morgan fingerprint density at radius 1 is 1.41 bits per heavy atom. The van der Waals surface area contributed by atoms with Crippen LogP contribution in [0.15, 0.2) is 29.2 Å². The smallest absolute Gasteiger partial charge is 0.169 e. The molecule has 1 aliphatic carbocycles. The molecule has 0 spiro atoms. The molecule has 1 aliphatic rings. The predicted octanol–water partition coefficient (Wildman–Crippen LogP) is 2.88. The zero-order chi connectivity index (χ0) is 12.3. The maximum atomic E-state index is 5.35. The molecule has 0 aromatic heterocycles. The van der Waals surface area contributed by atoms with E-state index in [0.29, 0.717) is 6.04 Å². The van der Waals surface area contributed by atoms with Gasteiger partial charge in [0.2, 0.25) is 0 Å². The molecule has 0 heterocycles. The Labute approximate surface area is 113 Å². The van der Waals surface area contributed by atoms with E-state index < -0.39 is 0 Å². The second-order valence-electron chi connectivity index (χ2n) is 4.43. The van der Waals surface area contributed by atoms with Crippen molar-refractivity contribution in [2.75, 3.05) is 13.3 Å². The van der Waals surface area contributed by atoms with E-state index in [-0.39, 0.29) is 0 Å². The third-order valence-electron chi connectivity index (χ3n) is 2.83. The van der Waals surface area contributed by atoms with Gasteiger partial charge in [0.25, 0.3) is 0 Å². The summed E-state index contributed by atoms with van der Waals surface area (Å²) in [6.45, 7) is 0.868. The van der Waals surface area contributed by atoms with Crippen LogP contribution in [-0.4, -0.2) is 29.4 Å². The first-order chi connectivity index (χ1) is 8.19. The molecule has 4 heteroatoms. The molecule has 1 N–H and O–H groups in total. The van der Waals surface area contributed by atoms with Gasteiger partial charge in [-0.15, -0.1) is 11.8 Å². The van der Waals surface area contributed by atoms with Gasteiger partial charge in [-0.05, 0) is 49.0 Å². The highest BCUT2D eigenvalue weighted by Crippen LogP contribution is 2.19. The number of hydrogen-bond acceptors (Lipinski definition) is 2. The van der Waals surface area contributed by atoms with Crippen molar-refractivity contribution >= 4 is 29.1 Å². The summed E-state index contributed by atoms with van der Waals surface area (Å²) in [5.74, 6) is 0. The molecular formula is C13H18N2S2. The van der Waals surface area contributed by atoms with Crippen molar-refractivity contribution < 1.29 is 0 Å². The van der Waals surface area contributed by atoms with Crippen molar-refractivity contribution in [3.05, 3.63) is 29.8 Å². The van der Waals surface area contributed by atoms with Crippen LogP contribution in [0.5, 0.6) is 0 Å². The zero-order valence-electron chi connectivity index (χ0n) is 10.3. The summed E-state index contributed by atoms with van der Waals surface area (Å²) in [5.41, 5.74) is 1.30. The lowest BCUT2D eigenvalue weighted by Gasteiger charge is -2.21. The number of thiocarbonyl (C=S) groups is 1. The van der Waals surface area contributed by atoms with Crippen molar-refractivity contribution in [2.45, 2.75) is 30.3 Å². The monoisotopic (exact) mass is 266 g/mol. The van der Waals surface area contributed by atoms with Gasteiger partial charge in [-0.25, -0.2) is 0 Å². The molecule has 0 amide bonds. The molecule has 1 aromatic rings. The molecule has 17 heavy (non-hydrogen) atoms. The summed E-state index contributed by atoms with van der Waals surface area (Å²) >= 11 is 7.12. The standard InChI is InChI=1S/C13H18N2S2/c1-15(13(16)14-11-5-6-11)9-10-3-7-12(17-2)8-4-10/h3-4,7-8,11H,5-6,9H2,1-2H3,(H,14,16). The van der Waals surface area contributed by atoms with Crippen LogP contribution in [0.2, 0.25) is 0 Å². The van der Waals surface area contributed by atoms with E-state index in [0.717, 1.165) is 11.7 Å². The Morgan fingerprint density at radius 3 is 2.59 bits per heavy atom. The number of thioether (sulfide) groups is 1. The number of hydrogen-bond donors (Lipinski definition) is 1. The van der Waals surface area contributed by atoms with Gasteiger partial charge in [0.05, 0.1) is 0 Å². The molecule has 0 unspecified atom stereocenters. The summed E-state index contributed by atoms with van der Waals surface area (Å²) in [4.78, 5) is 3.40. The first-order valence-electron chi connectivity index (χ1n) is 5.83. The molecule has 0 bridgehead atoms. The molecule has 0 radical (unpaired) electrons. The third-order valence-corrected chi connectivity index (χ3v) is 4.00. The molecule has 0 aliphatic heterocycles. The highest BCUT2D eigenvalue weighted by molar-refractivity contribution is 7.98. The van der Waals surface area contributed by atoms with E-state index >= 15 is 0 Å². The lowest BCUT2D eigenvalue weighted by atomic mass is 10.2. The molecule has 0 saturated heterocycles. The van der Waals surface area contributed by atoms with Crippen molar-refractivity contribution in [2.24, 2.45) is 0 Å². The van der Waals surface area contributed by atoms with Crippen LogP contribution < -0.4 is 5.32 Å². The first kappa shape index (κ1) is 12.7. The molecule has 1 fully saturated rings. The number of nitrogens with one attached hydrogen (secondary N) is 1. The minimum Gasteiger partial charge on any atom is -0.360 e. The third kappa shape index (κ3) is 3.89. The highest BCUT2D eigenvalue weighted by Gasteiger charge is 2.22. The van der Waals surface area contributed by atoms with Gasteiger partial charge in [-0.3, -0.25) is 0 Å². The minimum atomic E-state index is 0.629. The van der Waals surface area contributed by atoms with Crippen molar-refractivity contribution in [1.82, 2.24) is 10.2 Å². The molecule has 2 rings (SSSR count). The molecule has 92 valence electrons. The number of rotatable bonds is 4. The lowest BCUT2D eigenvalue weighted by molar-refractivity contribution is 0.488. The molecule has 1 aromatic carbocycles. The van der Waals surface area contributed by atoms with E-state index in [1.165, 1.54) is 23.3 Å². The van der Waals surface area contributed by atoms with Crippen LogP contribution in [0.25, 0.3) is 0 Å². The summed E-state index contributed by atoms with van der Waals surface area (Å²) in [6.07, 6.45) is 4.61. The first-order valence-corrected chi connectivity index (χ1v) is 7.47. The quantitative estimate of drug-likeness (QED) is 0.665. The van der Waals surface area contributed by atoms with Crippen molar-refractivity contribution in [3.63, 3.8) is 0 Å². The molecule has 1 saturated carbocycles. The van der Waals surface area contributed by atoms with Crippen molar-refractivity contribution in [1.29, 1.82) is 0 Å². The van der Waals surface area contributed by atoms with E-state index in [9.17, 15) is 0 Å². The topological polar surface area (TPSA) is 15.3 Å². The fourth-order valence-electron chi connectivity index (χ4n) is 1.59. The van der Waals surface area contributed by atoms with E-state index in [1.807, 2.05) is 7.05 Å². The Morgan fingerprint density at radius 2 is 2.06 bits per heavy atom. The maximum absolute atomic E-state index is 5.35. The minimum absolute atomic E-state index is 0.629. The summed E-state index contributed by atoms with van der Waals surface area (Å²) in [6, 6.07) is 9.28. The fraction of sp³-hybridized carbons (Fsp3) is 0.462. The maximum Gasteiger partial charge on any atom is 0.169 e. The Kier molecular flexibility index (Phi) is 4.29. The number of nitrogens with zero attached hydrogens (tertiary/aromatic N) is 1. The van der Waals surface area contributed by atoms with E-state index in [2.05, 4.69) is 40.7 Å². The lowest BCUT2D eigenvalue weighted by Crippen LogP contribution is -2.37. The van der Waals surface area contributed by atoms with Gasteiger partial charge in [-0.2, -0.15) is 0 Å². The van der Waals surface area contributed by atoms with E-state index in [1.54, 1.807) is 11.8 Å². The summed E-state index contributed by atoms with van der Waals surface area (Å²) < 4.78 is 0. The molecule has 2 nitrogen and oxygen atoms in total. The van der Waals surface area contributed by atoms with E-state index in [4.69, 9.17) is 12.2 Å². The second kappa shape index (κ2) is 5.74. The van der Waals surface area contributed by atoms with Crippen LogP contribution in [0.1, 0.15) is 18.4 Å². The van der Waals surface area contributed by atoms with Gasteiger partial charge in [0.15, 0.2) is 5.11 Å². The van der Waals surface area contributed by atoms with Crippen LogP contribution in [-0.2, 0) is 6.54 Å². The SMILES string of the molecule is CSc1ccc(CN(C)C(=S)NC2CC2)cc1. The van der Waals surface area contributed by atoms with Gasteiger partial charge in [0.1, 0.15) is 0 Å². The molecule has 0 atom stereocenters. The van der Waals surface area contributed by atoms with Gasteiger partial charge in [0, 0.05) is 24.5 Å².